The molecule has 32 heavy (non-hydrogen) atoms. The van der Waals surface area contributed by atoms with Crippen LogP contribution in [0, 0.1) is 12.7 Å². The van der Waals surface area contributed by atoms with Crippen LogP contribution in [0.5, 0.6) is 0 Å². The van der Waals surface area contributed by atoms with Crippen molar-refractivity contribution >= 4 is 33.2 Å². The van der Waals surface area contributed by atoms with Gasteiger partial charge < -0.3 is 0 Å². The molecule has 0 aliphatic carbocycles. The van der Waals surface area contributed by atoms with Crippen molar-refractivity contribution in [1.82, 2.24) is 20.6 Å². The zero-order valence-corrected chi connectivity index (χ0v) is 18.5. The Morgan fingerprint density at radius 2 is 1.81 bits per heavy atom. The van der Waals surface area contributed by atoms with E-state index in [1.165, 1.54) is 6.08 Å². The highest BCUT2D eigenvalue weighted by atomic mass is 32.2. The Hall–Kier alpha value is -3.41. The summed E-state index contributed by atoms with van der Waals surface area (Å²) in [7, 11) is -4.18. The predicted octanol–water partition coefficient (Wildman–Crippen LogP) is 2.80. The maximum Gasteiger partial charge on any atom is 0.281 e. The third-order valence-electron chi connectivity index (χ3n) is 4.21. The fraction of sp³-hybridized carbons (Fsp3) is 0.0952. The van der Waals surface area contributed by atoms with E-state index in [2.05, 4.69) is 27.1 Å². The molecular formula is C21H19FN4O4S2. The molecular weight excluding hydrogens is 455 g/mol. The summed E-state index contributed by atoms with van der Waals surface area (Å²) in [4.78, 5) is 28.9. The first-order chi connectivity index (χ1) is 15.2. The van der Waals surface area contributed by atoms with E-state index >= 15 is 0 Å². The van der Waals surface area contributed by atoms with Crippen molar-refractivity contribution < 1.29 is 22.4 Å². The highest BCUT2D eigenvalue weighted by Crippen LogP contribution is 2.27. The number of halogens is 1. The molecule has 0 bridgehead atoms. The van der Waals surface area contributed by atoms with Gasteiger partial charge >= 0.3 is 0 Å². The van der Waals surface area contributed by atoms with E-state index in [1.807, 2.05) is 30.3 Å². The Labute approximate surface area is 188 Å². The Morgan fingerprint density at radius 3 is 2.50 bits per heavy atom. The average Bonchev–Trinajstić information content (AvgIpc) is 3.18. The van der Waals surface area contributed by atoms with Gasteiger partial charge in [-0.05, 0) is 25.1 Å². The molecule has 2 aromatic carbocycles. The van der Waals surface area contributed by atoms with Crippen molar-refractivity contribution in [1.29, 1.82) is 0 Å². The lowest BCUT2D eigenvalue weighted by molar-refractivity contribution is 0.0848. The number of nitrogens with zero attached hydrogens (tertiary/aromatic N) is 1. The normalized spacial score (nSPS) is 11.1. The molecule has 3 rings (SSSR count). The van der Waals surface area contributed by atoms with E-state index in [1.54, 1.807) is 6.92 Å². The molecule has 0 saturated carbocycles. The summed E-state index contributed by atoms with van der Waals surface area (Å²) in [5.74, 6) is -2.42. The summed E-state index contributed by atoms with van der Waals surface area (Å²) in [5, 5.41) is 0.653. The largest absolute Gasteiger partial charge is 0.281 e. The lowest BCUT2D eigenvalue weighted by atomic mass is 10.2. The van der Waals surface area contributed by atoms with Gasteiger partial charge in [-0.1, -0.05) is 36.4 Å². The molecule has 3 aromatic rings. The Bertz CT molecular complexity index is 1270. The van der Waals surface area contributed by atoms with E-state index in [9.17, 15) is 22.4 Å². The number of nitrogens with one attached hydrogen (secondary N) is 3. The van der Waals surface area contributed by atoms with Gasteiger partial charge in [0, 0.05) is 17.7 Å². The quantitative estimate of drug-likeness (QED) is 0.360. The SMILES string of the molecule is C=CCNS(=O)(=O)c1cc(C(=O)NNC(=O)c2sc(-c3ccccc3)nc2C)ccc1F. The first-order valence-corrected chi connectivity index (χ1v) is 11.6. The first kappa shape index (κ1) is 23.3. The minimum Gasteiger partial charge on any atom is -0.267 e. The third kappa shape index (κ3) is 5.25. The number of aryl methyl sites for hydroxylation is 1. The first-order valence-electron chi connectivity index (χ1n) is 9.26. The van der Waals surface area contributed by atoms with Gasteiger partial charge in [0.2, 0.25) is 10.0 Å². The topological polar surface area (TPSA) is 117 Å². The smallest absolute Gasteiger partial charge is 0.267 e. The van der Waals surface area contributed by atoms with Gasteiger partial charge in [-0.3, -0.25) is 20.4 Å². The van der Waals surface area contributed by atoms with E-state index in [-0.39, 0.29) is 12.1 Å². The van der Waals surface area contributed by atoms with Crippen molar-refractivity contribution in [2.24, 2.45) is 0 Å². The van der Waals surface area contributed by atoms with Gasteiger partial charge in [0.05, 0.1) is 5.69 Å². The van der Waals surface area contributed by atoms with Crippen LogP contribution in [0.3, 0.4) is 0 Å². The molecule has 1 aromatic heterocycles. The molecule has 0 spiro atoms. The van der Waals surface area contributed by atoms with Crippen LogP contribution in [-0.4, -0.2) is 31.8 Å². The molecule has 0 atom stereocenters. The molecule has 3 N–H and O–H groups in total. The van der Waals surface area contributed by atoms with Crippen LogP contribution in [-0.2, 0) is 10.0 Å². The molecule has 0 radical (unpaired) electrons. The number of rotatable bonds is 7. The molecule has 166 valence electrons. The van der Waals surface area contributed by atoms with Crippen molar-refractivity contribution in [3.8, 4) is 10.6 Å². The van der Waals surface area contributed by atoms with Gasteiger partial charge in [0.1, 0.15) is 20.6 Å². The predicted molar refractivity (Wildman–Crippen MR) is 119 cm³/mol. The number of hydrogen-bond donors (Lipinski definition) is 3. The Morgan fingerprint density at radius 1 is 1.12 bits per heavy atom. The highest BCUT2D eigenvalue weighted by Gasteiger charge is 2.21. The zero-order chi connectivity index (χ0) is 23.3. The van der Waals surface area contributed by atoms with E-state index in [4.69, 9.17) is 0 Å². The van der Waals surface area contributed by atoms with Gasteiger partial charge in [-0.15, -0.1) is 17.9 Å². The van der Waals surface area contributed by atoms with Crippen LogP contribution in [0.2, 0.25) is 0 Å². The maximum absolute atomic E-state index is 14.0. The Balaban J connectivity index is 1.72. The molecule has 0 aliphatic heterocycles. The molecule has 1 heterocycles. The third-order valence-corrected chi connectivity index (χ3v) is 6.86. The van der Waals surface area contributed by atoms with Crippen LogP contribution in [0.15, 0.2) is 66.1 Å². The number of carbonyl (C=O) groups is 2. The molecule has 0 saturated heterocycles. The van der Waals surface area contributed by atoms with Crippen LogP contribution >= 0.6 is 11.3 Å². The number of thiazole rings is 1. The monoisotopic (exact) mass is 474 g/mol. The second kappa shape index (κ2) is 9.81. The number of aromatic nitrogens is 1. The van der Waals surface area contributed by atoms with Crippen LogP contribution in [0.4, 0.5) is 4.39 Å². The molecule has 2 amide bonds. The fourth-order valence-corrected chi connectivity index (χ4v) is 4.72. The van der Waals surface area contributed by atoms with Gasteiger partial charge in [0.15, 0.2) is 0 Å². The minimum absolute atomic E-state index is 0.104. The minimum atomic E-state index is -4.18. The van der Waals surface area contributed by atoms with Crippen molar-refractivity contribution in [2.45, 2.75) is 11.8 Å². The Kier molecular flexibility index (Phi) is 7.13. The fourth-order valence-electron chi connectivity index (χ4n) is 2.65. The maximum atomic E-state index is 14.0. The van der Waals surface area contributed by atoms with E-state index in [0.29, 0.717) is 15.6 Å². The van der Waals surface area contributed by atoms with Crippen molar-refractivity contribution in [2.75, 3.05) is 6.54 Å². The van der Waals surface area contributed by atoms with Crippen LogP contribution < -0.4 is 15.6 Å². The van der Waals surface area contributed by atoms with E-state index < -0.39 is 32.6 Å². The molecule has 11 heteroatoms. The number of hydrazine groups is 1. The number of benzene rings is 2. The highest BCUT2D eigenvalue weighted by molar-refractivity contribution is 7.89. The van der Waals surface area contributed by atoms with Gasteiger partial charge in [-0.2, -0.15) is 0 Å². The van der Waals surface area contributed by atoms with Crippen LogP contribution in [0.25, 0.3) is 10.6 Å². The molecule has 0 fully saturated rings. The number of carbonyl (C=O) groups excluding carboxylic acids is 2. The lowest BCUT2D eigenvalue weighted by Gasteiger charge is -2.10. The molecule has 8 nitrogen and oxygen atoms in total. The zero-order valence-electron chi connectivity index (χ0n) is 16.9. The number of amides is 2. The van der Waals surface area contributed by atoms with E-state index in [0.717, 1.165) is 35.1 Å². The summed E-state index contributed by atoms with van der Waals surface area (Å²) in [5.41, 5.74) is 5.66. The molecule has 0 unspecified atom stereocenters. The average molecular weight is 475 g/mol. The number of hydrogen-bond acceptors (Lipinski definition) is 6. The van der Waals surface area contributed by atoms with Gasteiger partial charge in [0.25, 0.3) is 11.8 Å². The summed E-state index contributed by atoms with van der Waals surface area (Å²) < 4.78 is 40.5. The summed E-state index contributed by atoms with van der Waals surface area (Å²) in [6.07, 6.45) is 1.30. The second-order valence-electron chi connectivity index (χ2n) is 6.49. The summed E-state index contributed by atoms with van der Waals surface area (Å²) >= 11 is 1.16. The second-order valence-corrected chi connectivity index (χ2v) is 9.23. The molecule has 0 aliphatic rings. The summed E-state index contributed by atoms with van der Waals surface area (Å²) in [6, 6.07) is 12.2. The van der Waals surface area contributed by atoms with Gasteiger partial charge in [-0.25, -0.2) is 22.5 Å². The van der Waals surface area contributed by atoms with Crippen molar-refractivity contribution in [3.05, 3.63) is 83.1 Å². The lowest BCUT2D eigenvalue weighted by Crippen LogP contribution is -2.41. The number of sulfonamides is 1. The van der Waals surface area contributed by atoms with Crippen molar-refractivity contribution in [3.63, 3.8) is 0 Å². The summed E-state index contributed by atoms with van der Waals surface area (Å²) in [6.45, 7) is 4.96. The standard InChI is InChI=1S/C21H19FN4O4S2/c1-3-11-23-32(29,30)17-12-15(9-10-16(17)22)19(27)25-26-20(28)18-13(2)24-21(31-18)14-7-5-4-6-8-14/h3-10,12,23H,1,11H2,2H3,(H,25,27)(H,26,28). The van der Waals surface area contributed by atoms with Crippen LogP contribution in [0.1, 0.15) is 25.7 Å².